The summed E-state index contributed by atoms with van der Waals surface area (Å²) in [6.07, 6.45) is 0.853. The number of hydrogen-bond donors (Lipinski definition) is 1. The number of rotatable bonds is 5. The van der Waals surface area contributed by atoms with E-state index in [2.05, 4.69) is 4.98 Å². The highest BCUT2D eigenvalue weighted by atomic mass is 32.1. The molecule has 1 N–H and O–H groups in total. The van der Waals surface area contributed by atoms with Crippen molar-refractivity contribution in [1.29, 1.82) is 0 Å². The van der Waals surface area contributed by atoms with Crippen LogP contribution in [0, 0.1) is 0 Å². The van der Waals surface area contributed by atoms with Gasteiger partial charge in [-0.25, -0.2) is 4.98 Å². The Balaban J connectivity index is 2.24. The van der Waals surface area contributed by atoms with Crippen LogP contribution in [0.5, 0.6) is 0 Å². The Bertz CT molecular complexity index is 536. The van der Waals surface area contributed by atoms with E-state index in [0.29, 0.717) is 6.61 Å². The van der Waals surface area contributed by atoms with Gasteiger partial charge in [0.1, 0.15) is 0 Å². The van der Waals surface area contributed by atoms with Crippen LogP contribution in [0.3, 0.4) is 0 Å². The molecule has 1 heterocycles. The van der Waals surface area contributed by atoms with E-state index in [1.54, 1.807) is 18.4 Å². The third kappa shape index (κ3) is 3.01. The summed E-state index contributed by atoms with van der Waals surface area (Å²) in [4.78, 5) is 15.1. The fourth-order valence-electron chi connectivity index (χ4n) is 1.60. The lowest BCUT2D eigenvalue weighted by Gasteiger charge is -1.95. The van der Waals surface area contributed by atoms with Crippen LogP contribution in [0.4, 0.5) is 0 Å². The summed E-state index contributed by atoms with van der Waals surface area (Å²) < 4.78 is 6.04. The molecule has 1 aromatic carbocycles. The van der Waals surface area contributed by atoms with E-state index in [0.717, 1.165) is 27.2 Å². The normalized spacial score (nSPS) is 10.9. The highest BCUT2D eigenvalue weighted by Crippen LogP contribution is 2.23. The van der Waals surface area contributed by atoms with E-state index in [9.17, 15) is 4.79 Å². The van der Waals surface area contributed by atoms with Gasteiger partial charge in [-0.05, 0) is 17.7 Å². The average molecular weight is 251 g/mol. The Morgan fingerprint density at radius 1 is 1.53 bits per heavy atom. The molecule has 1 aromatic heterocycles. The molecule has 0 fully saturated rings. The van der Waals surface area contributed by atoms with E-state index in [-0.39, 0.29) is 6.42 Å². The highest BCUT2D eigenvalue weighted by molar-refractivity contribution is 7.18. The van der Waals surface area contributed by atoms with E-state index < -0.39 is 5.97 Å². The molecule has 17 heavy (non-hydrogen) atoms. The number of carboxylic acid groups (broad SMARTS) is 1. The molecule has 90 valence electrons. The number of carbonyl (C=O) groups is 1. The molecule has 0 aliphatic carbocycles. The topological polar surface area (TPSA) is 59.4 Å². The number of thiazole rings is 1. The number of aliphatic carboxylic acids is 1. The van der Waals surface area contributed by atoms with Gasteiger partial charge in [0.25, 0.3) is 0 Å². The van der Waals surface area contributed by atoms with Crippen LogP contribution in [0.1, 0.15) is 10.6 Å². The third-order valence-corrected chi connectivity index (χ3v) is 3.45. The van der Waals surface area contributed by atoms with E-state index in [4.69, 9.17) is 9.84 Å². The van der Waals surface area contributed by atoms with Crippen LogP contribution in [-0.2, 0) is 22.4 Å². The molecule has 0 aliphatic rings. The number of ether oxygens (including phenoxy) is 1. The van der Waals surface area contributed by atoms with Crippen molar-refractivity contribution in [3.8, 4) is 0 Å². The number of carboxylic acids is 1. The van der Waals surface area contributed by atoms with Gasteiger partial charge in [-0.1, -0.05) is 6.07 Å². The number of benzene rings is 1. The first-order valence-corrected chi connectivity index (χ1v) is 6.10. The molecule has 0 radical (unpaired) electrons. The van der Waals surface area contributed by atoms with Gasteiger partial charge in [0, 0.05) is 13.5 Å². The fraction of sp³-hybridized carbons (Fsp3) is 0.333. The van der Waals surface area contributed by atoms with Crippen molar-refractivity contribution in [2.45, 2.75) is 12.8 Å². The van der Waals surface area contributed by atoms with Crippen molar-refractivity contribution in [2.75, 3.05) is 13.7 Å². The monoisotopic (exact) mass is 251 g/mol. The third-order valence-electron chi connectivity index (χ3n) is 2.37. The second kappa shape index (κ2) is 5.25. The van der Waals surface area contributed by atoms with E-state index in [1.165, 1.54) is 0 Å². The molecular weight excluding hydrogens is 238 g/mol. The SMILES string of the molecule is COCCc1nc2ccc(CC(=O)O)cc2s1. The number of hydrogen-bond acceptors (Lipinski definition) is 4. The van der Waals surface area contributed by atoms with E-state index >= 15 is 0 Å². The summed E-state index contributed by atoms with van der Waals surface area (Å²) in [5, 5.41) is 9.75. The van der Waals surface area contributed by atoms with Gasteiger partial charge in [-0.2, -0.15) is 0 Å². The quantitative estimate of drug-likeness (QED) is 0.884. The minimum atomic E-state index is -0.812. The number of methoxy groups -OCH3 is 1. The Morgan fingerprint density at radius 2 is 2.35 bits per heavy atom. The summed E-state index contributed by atoms with van der Waals surface area (Å²) >= 11 is 1.59. The zero-order valence-electron chi connectivity index (χ0n) is 9.47. The molecular formula is C12H13NO3S. The summed E-state index contributed by atoms with van der Waals surface area (Å²) in [6, 6.07) is 5.59. The predicted octanol–water partition coefficient (Wildman–Crippen LogP) is 2.11. The molecule has 0 aliphatic heterocycles. The Kier molecular flexibility index (Phi) is 3.71. The zero-order valence-corrected chi connectivity index (χ0v) is 10.3. The second-order valence-corrected chi connectivity index (χ2v) is 4.84. The molecule has 2 rings (SSSR count). The predicted molar refractivity (Wildman–Crippen MR) is 66.5 cm³/mol. The van der Waals surface area contributed by atoms with Crippen molar-refractivity contribution in [3.63, 3.8) is 0 Å². The van der Waals surface area contributed by atoms with Gasteiger partial charge in [-0.15, -0.1) is 11.3 Å². The summed E-state index contributed by atoms with van der Waals surface area (Å²) in [5.74, 6) is -0.812. The lowest BCUT2D eigenvalue weighted by Crippen LogP contribution is -1.99. The van der Waals surface area contributed by atoms with Crippen molar-refractivity contribution in [1.82, 2.24) is 4.98 Å². The van der Waals surface area contributed by atoms with Crippen LogP contribution in [0.2, 0.25) is 0 Å². The standard InChI is InChI=1S/C12H13NO3S/c1-16-5-4-11-13-9-3-2-8(7-12(14)15)6-10(9)17-11/h2-3,6H,4-5,7H2,1H3,(H,14,15). The van der Waals surface area contributed by atoms with Crippen molar-refractivity contribution < 1.29 is 14.6 Å². The van der Waals surface area contributed by atoms with Crippen molar-refractivity contribution >= 4 is 27.5 Å². The summed E-state index contributed by atoms with van der Waals surface area (Å²) in [6.45, 7) is 0.655. The van der Waals surface area contributed by atoms with Gasteiger partial charge >= 0.3 is 5.97 Å². The molecule has 4 nitrogen and oxygen atoms in total. The van der Waals surface area contributed by atoms with Crippen LogP contribution >= 0.6 is 11.3 Å². The number of nitrogens with zero attached hydrogens (tertiary/aromatic N) is 1. The Labute approximate surface area is 103 Å². The molecule has 0 atom stereocenters. The summed E-state index contributed by atoms with van der Waals surface area (Å²) in [5.41, 5.74) is 1.74. The first-order chi connectivity index (χ1) is 8.19. The second-order valence-electron chi connectivity index (χ2n) is 3.72. The van der Waals surface area contributed by atoms with Gasteiger partial charge < -0.3 is 9.84 Å². The van der Waals surface area contributed by atoms with Crippen molar-refractivity contribution in [3.05, 3.63) is 28.8 Å². The highest BCUT2D eigenvalue weighted by Gasteiger charge is 2.06. The fourth-order valence-corrected chi connectivity index (χ4v) is 2.61. The van der Waals surface area contributed by atoms with Crippen LogP contribution in [-0.4, -0.2) is 29.8 Å². The molecule has 0 saturated carbocycles. The van der Waals surface area contributed by atoms with Crippen molar-refractivity contribution in [2.24, 2.45) is 0 Å². The minimum Gasteiger partial charge on any atom is -0.481 e. The molecule has 2 aromatic rings. The van der Waals surface area contributed by atoms with Gasteiger partial charge in [-0.3, -0.25) is 4.79 Å². The minimum absolute atomic E-state index is 0.0568. The lowest BCUT2D eigenvalue weighted by atomic mass is 10.1. The maximum atomic E-state index is 10.6. The Morgan fingerprint density at radius 3 is 3.06 bits per heavy atom. The van der Waals surface area contributed by atoms with Crippen LogP contribution in [0.25, 0.3) is 10.2 Å². The largest absolute Gasteiger partial charge is 0.481 e. The maximum absolute atomic E-state index is 10.6. The lowest BCUT2D eigenvalue weighted by molar-refractivity contribution is -0.136. The Hall–Kier alpha value is -1.46. The number of aromatic nitrogens is 1. The van der Waals surface area contributed by atoms with Gasteiger partial charge in [0.15, 0.2) is 0 Å². The van der Waals surface area contributed by atoms with Crippen LogP contribution in [0.15, 0.2) is 18.2 Å². The molecule has 0 bridgehead atoms. The molecule has 5 heteroatoms. The van der Waals surface area contributed by atoms with Gasteiger partial charge in [0.05, 0.1) is 28.3 Å². The van der Waals surface area contributed by atoms with Gasteiger partial charge in [0.2, 0.25) is 0 Å². The molecule has 0 unspecified atom stereocenters. The first-order valence-electron chi connectivity index (χ1n) is 5.28. The summed E-state index contributed by atoms with van der Waals surface area (Å²) in [7, 11) is 1.66. The van der Waals surface area contributed by atoms with E-state index in [1.807, 2.05) is 18.2 Å². The van der Waals surface area contributed by atoms with Crippen LogP contribution < -0.4 is 0 Å². The number of fused-ring (bicyclic) bond motifs is 1. The maximum Gasteiger partial charge on any atom is 0.307 e. The zero-order chi connectivity index (χ0) is 12.3. The molecule has 0 amide bonds. The average Bonchev–Trinajstić information content (AvgIpc) is 2.67. The molecule has 0 spiro atoms. The first kappa shape index (κ1) is 12.0. The molecule has 0 saturated heterocycles. The smallest absolute Gasteiger partial charge is 0.307 e.